The highest BCUT2D eigenvalue weighted by molar-refractivity contribution is 9.10. The van der Waals surface area contributed by atoms with Gasteiger partial charge in [-0.1, -0.05) is 15.9 Å². The van der Waals surface area contributed by atoms with Crippen LogP contribution in [-0.4, -0.2) is 24.2 Å². The highest BCUT2D eigenvalue weighted by atomic mass is 79.9. The van der Waals surface area contributed by atoms with Gasteiger partial charge in [-0.05, 0) is 42.5 Å². The van der Waals surface area contributed by atoms with E-state index in [0.29, 0.717) is 29.0 Å². The molecule has 0 saturated carbocycles. The fourth-order valence-electron chi connectivity index (χ4n) is 2.32. The van der Waals surface area contributed by atoms with Gasteiger partial charge in [0, 0.05) is 21.8 Å². The fourth-order valence-corrected chi connectivity index (χ4v) is 2.58. The number of nitrogen functional groups attached to an aromatic ring is 1. The lowest BCUT2D eigenvalue weighted by molar-refractivity contribution is 0.355. The number of hydrogen-bond acceptors (Lipinski definition) is 6. The average Bonchev–Trinajstić information content (AvgIpc) is 2.62. The third-order valence-electron chi connectivity index (χ3n) is 3.50. The Bertz CT molecular complexity index is 885. The molecular weight excluding hydrogens is 384 g/mol. The molecule has 0 fully saturated rings. The summed E-state index contributed by atoms with van der Waals surface area (Å²) in [4.78, 5) is 8.86. The summed E-state index contributed by atoms with van der Waals surface area (Å²) in [5.74, 6) is 2.73. The first-order chi connectivity index (χ1) is 12.1. The molecule has 2 aromatic carbocycles. The second-order valence-corrected chi connectivity index (χ2v) is 6.12. The Morgan fingerprint density at radius 2 is 1.64 bits per heavy atom. The number of nitrogens with zero attached hydrogens (tertiary/aromatic N) is 2. The van der Waals surface area contributed by atoms with Gasteiger partial charge < -0.3 is 20.5 Å². The van der Waals surface area contributed by atoms with Crippen molar-refractivity contribution in [2.24, 2.45) is 0 Å². The van der Waals surface area contributed by atoms with E-state index >= 15 is 0 Å². The van der Waals surface area contributed by atoms with Crippen molar-refractivity contribution in [1.29, 1.82) is 0 Å². The Kier molecular flexibility index (Phi) is 5.04. The molecule has 0 saturated heterocycles. The zero-order chi connectivity index (χ0) is 17.8. The number of aromatic nitrogens is 2. The summed E-state index contributed by atoms with van der Waals surface area (Å²) in [5.41, 5.74) is 7.63. The normalized spacial score (nSPS) is 10.4. The summed E-state index contributed by atoms with van der Waals surface area (Å²) in [6, 6.07) is 15.0. The Balaban J connectivity index is 1.95. The molecule has 3 N–H and O–H groups in total. The first-order valence-corrected chi connectivity index (χ1v) is 8.28. The molecule has 0 aliphatic rings. The highest BCUT2D eigenvalue weighted by Gasteiger charge is 2.10. The number of halogens is 1. The molecule has 128 valence electrons. The van der Waals surface area contributed by atoms with Crippen molar-refractivity contribution in [2.75, 3.05) is 25.3 Å². The van der Waals surface area contributed by atoms with Crippen LogP contribution in [0.2, 0.25) is 0 Å². The van der Waals surface area contributed by atoms with E-state index in [9.17, 15) is 0 Å². The Labute approximate surface area is 154 Å². The van der Waals surface area contributed by atoms with E-state index in [-0.39, 0.29) is 0 Å². The van der Waals surface area contributed by atoms with Crippen LogP contribution in [0, 0.1) is 0 Å². The number of rotatable bonds is 5. The molecule has 0 radical (unpaired) electrons. The van der Waals surface area contributed by atoms with E-state index in [1.165, 1.54) is 0 Å². The van der Waals surface area contributed by atoms with Crippen LogP contribution < -0.4 is 20.5 Å². The van der Waals surface area contributed by atoms with Gasteiger partial charge in [0.1, 0.15) is 11.6 Å². The second kappa shape index (κ2) is 7.40. The molecule has 0 atom stereocenters. The lowest BCUT2D eigenvalue weighted by atomic mass is 10.2. The molecule has 0 aliphatic carbocycles. The number of methoxy groups -OCH3 is 2. The van der Waals surface area contributed by atoms with Crippen molar-refractivity contribution in [3.63, 3.8) is 0 Å². The monoisotopic (exact) mass is 400 g/mol. The number of nitrogens with two attached hydrogens (primary N) is 1. The number of ether oxygens (including phenoxy) is 2. The Hall–Kier alpha value is -2.80. The molecule has 3 rings (SSSR count). The predicted octanol–water partition coefficient (Wildman–Crippen LogP) is 4.25. The summed E-state index contributed by atoms with van der Waals surface area (Å²) >= 11 is 3.41. The zero-order valence-corrected chi connectivity index (χ0v) is 15.4. The van der Waals surface area contributed by atoms with Crippen LogP contribution in [0.4, 0.5) is 17.3 Å². The smallest absolute Gasteiger partial charge is 0.163 e. The number of nitrogens with one attached hydrogen (secondary N) is 1. The van der Waals surface area contributed by atoms with Gasteiger partial charge >= 0.3 is 0 Å². The summed E-state index contributed by atoms with van der Waals surface area (Å²) < 4.78 is 11.6. The van der Waals surface area contributed by atoms with Gasteiger partial charge in [0.15, 0.2) is 17.3 Å². The van der Waals surface area contributed by atoms with Gasteiger partial charge in [0.2, 0.25) is 0 Å². The minimum atomic E-state index is 0.374. The van der Waals surface area contributed by atoms with Crippen molar-refractivity contribution < 1.29 is 9.47 Å². The molecule has 1 heterocycles. The van der Waals surface area contributed by atoms with Gasteiger partial charge in [-0.3, -0.25) is 0 Å². The van der Waals surface area contributed by atoms with Crippen LogP contribution in [0.3, 0.4) is 0 Å². The van der Waals surface area contributed by atoms with Crippen LogP contribution in [0.25, 0.3) is 11.4 Å². The van der Waals surface area contributed by atoms with E-state index < -0.39 is 0 Å². The zero-order valence-electron chi connectivity index (χ0n) is 13.8. The van der Waals surface area contributed by atoms with Crippen molar-refractivity contribution in [2.45, 2.75) is 0 Å². The lowest BCUT2D eigenvalue weighted by Gasteiger charge is -2.11. The largest absolute Gasteiger partial charge is 0.493 e. The van der Waals surface area contributed by atoms with Crippen molar-refractivity contribution >= 4 is 33.3 Å². The second-order valence-electron chi connectivity index (χ2n) is 5.20. The summed E-state index contributed by atoms with van der Waals surface area (Å²) in [5, 5.41) is 3.23. The quantitative estimate of drug-likeness (QED) is 0.665. The number of anilines is 3. The SMILES string of the molecule is COc1ccc(-c2nc(N)cc(Nc3ccc(Br)cc3)n2)cc1OC. The van der Waals surface area contributed by atoms with E-state index in [1.807, 2.05) is 42.5 Å². The first-order valence-electron chi connectivity index (χ1n) is 7.48. The van der Waals surface area contributed by atoms with E-state index in [4.69, 9.17) is 15.2 Å². The average molecular weight is 401 g/mol. The van der Waals surface area contributed by atoms with E-state index in [1.54, 1.807) is 20.3 Å². The first kappa shape index (κ1) is 17.0. The topological polar surface area (TPSA) is 82.3 Å². The van der Waals surface area contributed by atoms with Gasteiger partial charge in [-0.25, -0.2) is 9.97 Å². The van der Waals surface area contributed by atoms with Gasteiger partial charge in [-0.2, -0.15) is 0 Å². The number of benzene rings is 2. The van der Waals surface area contributed by atoms with Crippen LogP contribution in [0.5, 0.6) is 11.5 Å². The van der Waals surface area contributed by atoms with Crippen molar-refractivity contribution in [3.05, 3.63) is 53.0 Å². The molecule has 0 spiro atoms. The van der Waals surface area contributed by atoms with Crippen LogP contribution >= 0.6 is 15.9 Å². The minimum Gasteiger partial charge on any atom is -0.493 e. The standard InChI is InChI=1S/C18H17BrN4O2/c1-24-14-8-3-11(9-15(14)25-2)18-22-16(20)10-17(23-18)21-13-6-4-12(19)5-7-13/h3-10H,1-2H3,(H3,20,21,22,23). The molecule has 7 heteroatoms. The van der Waals surface area contributed by atoms with Crippen LogP contribution in [0.1, 0.15) is 0 Å². The van der Waals surface area contributed by atoms with Gasteiger partial charge in [0.25, 0.3) is 0 Å². The highest BCUT2D eigenvalue weighted by Crippen LogP contribution is 2.32. The lowest BCUT2D eigenvalue weighted by Crippen LogP contribution is -2.01. The predicted molar refractivity (Wildman–Crippen MR) is 102 cm³/mol. The Morgan fingerprint density at radius 3 is 2.32 bits per heavy atom. The van der Waals surface area contributed by atoms with Crippen molar-refractivity contribution in [1.82, 2.24) is 9.97 Å². The Morgan fingerprint density at radius 1 is 0.920 bits per heavy atom. The molecule has 6 nitrogen and oxygen atoms in total. The molecule has 3 aromatic rings. The summed E-state index contributed by atoms with van der Waals surface area (Å²) in [6.45, 7) is 0. The maximum Gasteiger partial charge on any atom is 0.163 e. The third-order valence-corrected chi connectivity index (χ3v) is 4.03. The van der Waals surface area contributed by atoms with Crippen LogP contribution in [-0.2, 0) is 0 Å². The summed E-state index contributed by atoms with van der Waals surface area (Å²) in [7, 11) is 3.18. The molecule has 0 aliphatic heterocycles. The molecule has 25 heavy (non-hydrogen) atoms. The van der Waals surface area contributed by atoms with E-state index in [2.05, 4.69) is 31.2 Å². The van der Waals surface area contributed by atoms with Crippen molar-refractivity contribution in [3.8, 4) is 22.9 Å². The maximum absolute atomic E-state index is 5.95. The minimum absolute atomic E-state index is 0.374. The molecule has 1 aromatic heterocycles. The molecule has 0 amide bonds. The molecule has 0 unspecified atom stereocenters. The molecular formula is C18H17BrN4O2. The van der Waals surface area contributed by atoms with Crippen LogP contribution in [0.15, 0.2) is 53.0 Å². The fraction of sp³-hybridized carbons (Fsp3) is 0.111. The number of hydrogen-bond donors (Lipinski definition) is 2. The van der Waals surface area contributed by atoms with Gasteiger partial charge in [0.05, 0.1) is 14.2 Å². The molecule has 0 bridgehead atoms. The maximum atomic E-state index is 5.95. The van der Waals surface area contributed by atoms with E-state index in [0.717, 1.165) is 15.7 Å². The van der Waals surface area contributed by atoms with Gasteiger partial charge in [-0.15, -0.1) is 0 Å². The summed E-state index contributed by atoms with van der Waals surface area (Å²) in [6.07, 6.45) is 0. The third kappa shape index (κ3) is 4.00.